The van der Waals surface area contributed by atoms with E-state index in [1.54, 1.807) is 0 Å². The van der Waals surface area contributed by atoms with Crippen LogP contribution in [0.2, 0.25) is 0 Å². The molecule has 1 unspecified atom stereocenters. The molecule has 2 aliphatic heterocycles. The highest BCUT2D eigenvalue weighted by atomic mass is 16.5. The van der Waals surface area contributed by atoms with E-state index in [1.807, 2.05) is 0 Å². The van der Waals surface area contributed by atoms with Crippen LogP contribution in [0.1, 0.15) is 33.1 Å². The van der Waals surface area contributed by atoms with Gasteiger partial charge in [0.05, 0.1) is 13.2 Å². The Labute approximate surface area is 124 Å². The van der Waals surface area contributed by atoms with Crippen molar-refractivity contribution in [1.29, 1.82) is 0 Å². The SMILES string of the molecule is CC(C)CC1CNCCCN1CCCN1CCOCC1. The fourth-order valence-electron chi connectivity index (χ4n) is 3.38. The number of hydrogen-bond donors (Lipinski definition) is 1. The van der Waals surface area contributed by atoms with E-state index in [4.69, 9.17) is 4.74 Å². The van der Waals surface area contributed by atoms with E-state index in [0.29, 0.717) is 0 Å². The minimum atomic E-state index is 0.738. The number of rotatable bonds is 6. The molecule has 118 valence electrons. The highest BCUT2D eigenvalue weighted by Gasteiger charge is 2.21. The Morgan fingerprint density at radius 3 is 2.70 bits per heavy atom. The van der Waals surface area contributed by atoms with Gasteiger partial charge in [-0.25, -0.2) is 0 Å². The fourth-order valence-corrected chi connectivity index (χ4v) is 3.38. The van der Waals surface area contributed by atoms with Gasteiger partial charge in [-0.1, -0.05) is 13.8 Å². The summed E-state index contributed by atoms with van der Waals surface area (Å²) in [5.74, 6) is 0.793. The van der Waals surface area contributed by atoms with Crippen molar-refractivity contribution in [3.8, 4) is 0 Å². The Balaban J connectivity index is 1.72. The molecule has 2 fully saturated rings. The first-order valence-corrected chi connectivity index (χ1v) is 8.50. The summed E-state index contributed by atoms with van der Waals surface area (Å²) in [6, 6.07) is 0.738. The van der Waals surface area contributed by atoms with Crippen LogP contribution in [0.4, 0.5) is 0 Å². The van der Waals surface area contributed by atoms with Gasteiger partial charge in [0, 0.05) is 25.7 Å². The summed E-state index contributed by atoms with van der Waals surface area (Å²) in [5.41, 5.74) is 0. The minimum Gasteiger partial charge on any atom is -0.379 e. The van der Waals surface area contributed by atoms with Crippen LogP contribution in [-0.4, -0.2) is 74.9 Å². The largest absolute Gasteiger partial charge is 0.379 e. The second kappa shape index (κ2) is 8.98. The van der Waals surface area contributed by atoms with Gasteiger partial charge < -0.3 is 10.1 Å². The molecule has 0 bridgehead atoms. The van der Waals surface area contributed by atoms with Crippen molar-refractivity contribution in [2.24, 2.45) is 5.92 Å². The number of nitrogens with zero attached hydrogens (tertiary/aromatic N) is 2. The molecule has 0 amide bonds. The molecule has 4 nitrogen and oxygen atoms in total. The molecule has 0 aromatic heterocycles. The molecule has 0 radical (unpaired) electrons. The molecule has 2 rings (SSSR count). The lowest BCUT2D eigenvalue weighted by molar-refractivity contribution is 0.0353. The topological polar surface area (TPSA) is 27.7 Å². The van der Waals surface area contributed by atoms with Crippen molar-refractivity contribution in [1.82, 2.24) is 15.1 Å². The lowest BCUT2D eigenvalue weighted by Gasteiger charge is -2.32. The summed E-state index contributed by atoms with van der Waals surface area (Å²) < 4.78 is 5.41. The van der Waals surface area contributed by atoms with E-state index in [1.165, 1.54) is 52.0 Å². The van der Waals surface area contributed by atoms with Crippen molar-refractivity contribution in [3.05, 3.63) is 0 Å². The third-order valence-corrected chi connectivity index (χ3v) is 4.46. The Bertz CT molecular complexity index is 254. The van der Waals surface area contributed by atoms with Crippen LogP contribution < -0.4 is 5.32 Å². The number of hydrogen-bond acceptors (Lipinski definition) is 4. The molecule has 1 N–H and O–H groups in total. The molecule has 0 saturated carbocycles. The fraction of sp³-hybridized carbons (Fsp3) is 1.00. The summed E-state index contributed by atoms with van der Waals surface area (Å²) in [4.78, 5) is 5.29. The Morgan fingerprint density at radius 1 is 1.15 bits per heavy atom. The van der Waals surface area contributed by atoms with Gasteiger partial charge in [0.1, 0.15) is 0 Å². The Morgan fingerprint density at radius 2 is 1.95 bits per heavy atom. The highest BCUT2D eigenvalue weighted by molar-refractivity contribution is 4.79. The van der Waals surface area contributed by atoms with Crippen molar-refractivity contribution in [3.63, 3.8) is 0 Å². The summed E-state index contributed by atoms with van der Waals surface area (Å²) in [6.07, 6.45) is 3.92. The lowest BCUT2D eigenvalue weighted by atomic mass is 10.0. The molecular weight excluding hydrogens is 250 g/mol. The molecule has 1 atom stereocenters. The van der Waals surface area contributed by atoms with Gasteiger partial charge in [0.15, 0.2) is 0 Å². The molecule has 0 spiro atoms. The quantitative estimate of drug-likeness (QED) is 0.798. The van der Waals surface area contributed by atoms with E-state index in [-0.39, 0.29) is 0 Å². The smallest absolute Gasteiger partial charge is 0.0594 e. The zero-order valence-electron chi connectivity index (χ0n) is 13.4. The second-order valence-electron chi connectivity index (χ2n) is 6.68. The van der Waals surface area contributed by atoms with Crippen molar-refractivity contribution >= 4 is 0 Å². The van der Waals surface area contributed by atoms with E-state index in [2.05, 4.69) is 29.0 Å². The molecule has 20 heavy (non-hydrogen) atoms. The molecule has 0 aromatic carbocycles. The molecule has 0 aliphatic carbocycles. The summed E-state index contributed by atoms with van der Waals surface area (Å²) in [5, 5.41) is 3.60. The zero-order chi connectivity index (χ0) is 14.2. The van der Waals surface area contributed by atoms with Crippen LogP contribution in [0.5, 0.6) is 0 Å². The molecule has 4 heteroatoms. The van der Waals surface area contributed by atoms with Gasteiger partial charge in [-0.2, -0.15) is 0 Å². The number of morpholine rings is 1. The van der Waals surface area contributed by atoms with Crippen LogP contribution in [-0.2, 0) is 4.74 Å². The van der Waals surface area contributed by atoms with Gasteiger partial charge in [0.25, 0.3) is 0 Å². The number of nitrogens with one attached hydrogen (secondary N) is 1. The third kappa shape index (κ3) is 5.68. The normalized spacial score (nSPS) is 26.9. The molecule has 2 saturated heterocycles. The standard InChI is InChI=1S/C16H33N3O/c1-15(2)13-16-14-17-5-3-7-19(16)8-4-6-18-9-11-20-12-10-18/h15-17H,3-14H2,1-2H3. The molecule has 2 aliphatic rings. The minimum absolute atomic E-state index is 0.738. The molecule has 0 aromatic rings. The molecule has 2 heterocycles. The summed E-state index contributed by atoms with van der Waals surface area (Å²) in [6.45, 7) is 14.9. The first kappa shape index (κ1) is 16.2. The van der Waals surface area contributed by atoms with Crippen molar-refractivity contribution < 1.29 is 4.74 Å². The second-order valence-corrected chi connectivity index (χ2v) is 6.68. The van der Waals surface area contributed by atoms with Gasteiger partial charge in [-0.3, -0.25) is 9.80 Å². The first-order chi connectivity index (χ1) is 9.75. The van der Waals surface area contributed by atoms with Crippen molar-refractivity contribution in [2.45, 2.75) is 39.2 Å². The van der Waals surface area contributed by atoms with Crippen LogP contribution in [0.15, 0.2) is 0 Å². The average Bonchev–Trinajstić information content (AvgIpc) is 2.65. The number of ether oxygens (including phenoxy) is 1. The van der Waals surface area contributed by atoms with E-state index >= 15 is 0 Å². The third-order valence-electron chi connectivity index (χ3n) is 4.46. The lowest BCUT2D eigenvalue weighted by Crippen LogP contribution is -2.43. The molecular formula is C16H33N3O. The zero-order valence-corrected chi connectivity index (χ0v) is 13.4. The van der Waals surface area contributed by atoms with Crippen molar-refractivity contribution in [2.75, 3.05) is 59.0 Å². The Hall–Kier alpha value is -0.160. The highest BCUT2D eigenvalue weighted by Crippen LogP contribution is 2.14. The van der Waals surface area contributed by atoms with E-state index in [0.717, 1.165) is 38.3 Å². The van der Waals surface area contributed by atoms with E-state index < -0.39 is 0 Å². The Kier molecular flexibility index (Phi) is 7.28. The van der Waals surface area contributed by atoms with Crippen LogP contribution >= 0.6 is 0 Å². The van der Waals surface area contributed by atoms with Gasteiger partial charge in [0.2, 0.25) is 0 Å². The predicted molar refractivity (Wildman–Crippen MR) is 84.2 cm³/mol. The van der Waals surface area contributed by atoms with Crippen LogP contribution in [0, 0.1) is 5.92 Å². The summed E-state index contributed by atoms with van der Waals surface area (Å²) >= 11 is 0. The maximum Gasteiger partial charge on any atom is 0.0594 e. The monoisotopic (exact) mass is 283 g/mol. The first-order valence-electron chi connectivity index (χ1n) is 8.50. The van der Waals surface area contributed by atoms with Gasteiger partial charge >= 0.3 is 0 Å². The predicted octanol–water partition coefficient (Wildman–Crippen LogP) is 1.42. The van der Waals surface area contributed by atoms with Gasteiger partial charge in [-0.15, -0.1) is 0 Å². The van der Waals surface area contributed by atoms with E-state index in [9.17, 15) is 0 Å². The maximum atomic E-state index is 5.41. The van der Waals surface area contributed by atoms with Crippen LogP contribution in [0.25, 0.3) is 0 Å². The van der Waals surface area contributed by atoms with Crippen LogP contribution in [0.3, 0.4) is 0 Å². The average molecular weight is 283 g/mol. The maximum absolute atomic E-state index is 5.41. The summed E-state index contributed by atoms with van der Waals surface area (Å²) in [7, 11) is 0. The van der Waals surface area contributed by atoms with Gasteiger partial charge in [-0.05, 0) is 51.4 Å².